The number of ether oxygens (including phenoxy) is 2. The molecule has 2 atom stereocenters. The van der Waals surface area contributed by atoms with E-state index in [1.807, 2.05) is 0 Å². The highest BCUT2D eigenvalue weighted by Crippen LogP contribution is 2.52. The molecule has 3 N–H and O–H groups in total. The van der Waals surface area contributed by atoms with Crippen LogP contribution in [0.3, 0.4) is 0 Å². The number of nitrogens with one attached hydrogen (secondary N) is 1. The molecule has 0 bridgehead atoms. The zero-order valence-electron chi connectivity index (χ0n) is 21.1. The summed E-state index contributed by atoms with van der Waals surface area (Å²) in [6.07, 6.45) is -1.60. The fraction of sp³-hybridized carbons (Fsp3) is 0.400. The third-order valence-corrected chi connectivity index (χ3v) is 7.35. The monoisotopic (exact) mass is 568 g/mol. The summed E-state index contributed by atoms with van der Waals surface area (Å²) < 4.78 is 80.3. The first kappa shape index (κ1) is 28.5. The van der Waals surface area contributed by atoms with Crippen LogP contribution in [0.2, 0.25) is 0 Å². The number of aromatic nitrogens is 2. The molecule has 0 spiro atoms. The average Bonchev–Trinajstić information content (AvgIpc) is 3.26. The molecular weight excluding hydrogens is 541 g/mol. The van der Waals surface area contributed by atoms with Crippen LogP contribution in [0.15, 0.2) is 52.1 Å². The number of methoxy groups -OCH3 is 1. The molecule has 0 saturated heterocycles. The summed E-state index contributed by atoms with van der Waals surface area (Å²) in [5, 5.41) is 2.30. The minimum Gasteiger partial charge on any atom is -0.463 e. The number of alkyl halides is 3. The number of benzene rings is 1. The van der Waals surface area contributed by atoms with Crippen molar-refractivity contribution in [1.29, 1.82) is 0 Å². The van der Waals surface area contributed by atoms with Gasteiger partial charge in [0.05, 0.1) is 25.0 Å². The van der Waals surface area contributed by atoms with Gasteiger partial charge in [-0.2, -0.15) is 13.2 Å². The Bertz CT molecular complexity index is 1450. The lowest BCUT2D eigenvalue weighted by Gasteiger charge is -2.16. The molecule has 2 heterocycles. The van der Waals surface area contributed by atoms with Gasteiger partial charge in [-0.05, 0) is 48.6 Å². The Morgan fingerprint density at radius 2 is 2.00 bits per heavy atom. The topological polar surface area (TPSA) is 147 Å². The maximum Gasteiger partial charge on any atom is 0.416 e. The zero-order valence-corrected chi connectivity index (χ0v) is 21.9. The molecule has 1 aliphatic rings. The van der Waals surface area contributed by atoms with Crippen LogP contribution in [0.1, 0.15) is 34.3 Å². The van der Waals surface area contributed by atoms with Crippen molar-refractivity contribution in [3.63, 3.8) is 0 Å². The number of rotatable bonds is 11. The Kier molecular flexibility index (Phi) is 8.00. The molecule has 10 nitrogen and oxygen atoms in total. The number of hydrogen-bond acceptors (Lipinski definition) is 10. The van der Waals surface area contributed by atoms with Gasteiger partial charge in [0.2, 0.25) is 5.95 Å². The van der Waals surface area contributed by atoms with Crippen LogP contribution in [0.4, 0.5) is 19.1 Å². The standard InChI is InChI=1S/C25H27F3N4O6S/c1-36-12-9-30-23-31-20(18-7-4-10-37-18)19(21(32-23)39(2,34)35)22(33)38-11-8-17-14-24(17,29)15-5-3-6-16(13-15)25(26,27)28/h3-7,10,13,17H,8-9,11-12,14,29H2,1-2H3,(H,30,31,32). The Labute approximate surface area is 222 Å². The number of nitrogens with zero attached hydrogens (tertiary/aromatic N) is 2. The average molecular weight is 569 g/mol. The van der Waals surface area contributed by atoms with Crippen LogP contribution in [0, 0.1) is 5.92 Å². The Hall–Kier alpha value is -3.49. The van der Waals surface area contributed by atoms with E-state index in [9.17, 15) is 26.4 Å². The lowest BCUT2D eigenvalue weighted by molar-refractivity contribution is -0.137. The molecule has 2 unspecified atom stereocenters. The molecule has 0 radical (unpaired) electrons. The highest BCUT2D eigenvalue weighted by atomic mass is 32.2. The quantitative estimate of drug-likeness (QED) is 0.200. The summed E-state index contributed by atoms with van der Waals surface area (Å²) in [5.74, 6) is -1.16. The van der Waals surface area contributed by atoms with Crippen molar-refractivity contribution in [1.82, 2.24) is 9.97 Å². The normalized spacial score (nSPS) is 19.1. The number of furan rings is 1. The van der Waals surface area contributed by atoms with Gasteiger partial charge in [0.15, 0.2) is 20.6 Å². The van der Waals surface area contributed by atoms with Crippen LogP contribution < -0.4 is 11.1 Å². The van der Waals surface area contributed by atoms with E-state index in [0.29, 0.717) is 18.6 Å². The largest absolute Gasteiger partial charge is 0.463 e. The van der Waals surface area contributed by atoms with Crippen molar-refractivity contribution in [3.8, 4) is 11.5 Å². The maximum absolute atomic E-state index is 13.2. The van der Waals surface area contributed by atoms with E-state index in [0.717, 1.165) is 18.4 Å². The number of nitrogens with two attached hydrogens (primary N) is 1. The Morgan fingerprint density at radius 1 is 1.23 bits per heavy atom. The SMILES string of the molecule is COCCNc1nc(-c2ccco2)c(C(=O)OCCC2CC2(N)c2cccc(C(F)(F)F)c2)c(S(C)(=O)=O)n1. The highest BCUT2D eigenvalue weighted by Gasteiger charge is 2.52. The van der Waals surface area contributed by atoms with Crippen molar-refractivity contribution in [2.45, 2.75) is 29.6 Å². The van der Waals surface area contributed by atoms with Gasteiger partial charge in [-0.1, -0.05) is 12.1 Å². The van der Waals surface area contributed by atoms with Gasteiger partial charge < -0.3 is 24.9 Å². The van der Waals surface area contributed by atoms with Crippen molar-refractivity contribution in [2.24, 2.45) is 11.7 Å². The van der Waals surface area contributed by atoms with Gasteiger partial charge in [0, 0.05) is 25.4 Å². The van der Waals surface area contributed by atoms with Gasteiger partial charge in [-0.3, -0.25) is 0 Å². The summed E-state index contributed by atoms with van der Waals surface area (Å²) >= 11 is 0. The number of carbonyl (C=O) groups is 1. The maximum atomic E-state index is 13.2. The number of anilines is 1. The summed E-state index contributed by atoms with van der Waals surface area (Å²) in [5.41, 5.74) is 4.45. The minimum absolute atomic E-state index is 0.0533. The van der Waals surface area contributed by atoms with Crippen LogP contribution in [-0.4, -0.2) is 57.5 Å². The van der Waals surface area contributed by atoms with E-state index < -0.39 is 43.7 Å². The Morgan fingerprint density at radius 3 is 2.64 bits per heavy atom. The lowest BCUT2D eigenvalue weighted by Crippen LogP contribution is -2.24. The molecule has 210 valence electrons. The van der Waals surface area contributed by atoms with Crippen LogP contribution in [0.5, 0.6) is 0 Å². The fourth-order valence-corrected chi connectivity index (χ4v) is 5.04. The summed E-state index contributed by atoms with van der Waals surface area (Å²) in [7, 11) is -2.53. The number of hydrogen-bond donors (Lipinski definition) is 2. The van der Waals surface area contributed by atoms with Crippen molar-refractivity contribution in [3.05, 3.63) is 59.4 Å². The van der Waals surface area contributed by atoms with E-state index in [-0.39, 0.29) is 42.9 Å². The highest BCUT2D eigenvalue weighted by molar-refractivity contribution is 7.90. The van der Waals surface area contributed by atoms with E-state index >= 15 is 0 Å². The van der Waals surface area contributed by atoms with Crippen LogP contribution in [0.25, 0.3) is 11.5 Å². The van der Waals surface area contributed by atoms with E-state index in [4.69, 9.17) is 19.6 Å². The first-order valence-corrected chi connectivity index (χ1v) is 13.8. The Balaban J connectivity index is 1.53. The van der Waals surface area contributed by atoms with E-state index in [2.05, 4.69) is 15.3 Å². The predicted octanol–water partition coefficient (Wildman–Crippen LogP) is 3.64. The lowest BCUT2D eigenvalue weighted by atomic mass is 9.99. The van der Waals surface area contributed by atoms with Gasteiger partial charge in [-0.25, -0.2) is 23.2 Å². The van der Waals surface area contributed by atoms with E-state index in [1.54, 1.807) is 6.07 Å². The van der Waals surface area contributed by atoms with Gasteiger partial charge in [0.1, 0.15) is 11.3 Å². The molecule has 1 aliphatic carbocycles. The number of halogens is 3. The smallest absolute Gasteiger partial charge is 0.416 e. The summed E-state index contributed by atoms with van der Waals surface area (Å²) in [6.45, 7) is 0.410. The molecule has 2 aromatic heterocycles. The second kappa shape index (κ2) is 10.9. The number of esters is 1. The molecule has 14 heteroatoms. The predicted molar refractivity (Wildman–Crippen MR) is 134 cm³/mol. The number of sulfone groups is 1. The van der Waals surface area contributed by atoms with Crippen molar-refractivity contribution >= 4 is 21.8 Å². The molecule has 1 saturated carbocycles. The van der Waals surface area contributed by atoms with Crippen LogP contribution >= 0.6 is 0 Å². The summed E-state index contributed by atoms with van der Waals surface area (Å²) in [4.78, 5) is 21.5. The number of carbonyl (C=O) groups excluding carboxylic acids is 1. The molecule has 39 heavy (non-hydrogen) atoms. The first-order valence-electron chi connectivity index (χ1n) is 11.9. The van der Waals surface area contributed by atoms with Crippen molar-refractivity contribution in [2.75, 3.05) is 38.4 Å². The van der Waals surface area contributed by atoms with E-state index in [1.165, 1.54) is 31.6 Å². The molecule has 1 fully saturated rings. The van der Waals surface area contributed by atoms with Crippen LogP contribution in [-0.2, 0) is 31.0 Å². The second-order valence-electron chi connectivity index (χ2n) is 9.19. The third kappa shape index (κ3) is 6.40. The fourth-order valence-electron chi connectivity index (χ4n) is 4.24. The molecule has 1 aromatic carbocycles. The minimum atomic E-state index is -4.49. The first-order chi connectivity index (χ1) is 18.3. The molecule has 3 aromatic rings. The van der Waals surface area contributed by atoms with Gasteiger partial charge >= 0.3 is 12.1 Å². The summed E-state index contributed by atoms with van der Waals surface area (Å²) in [6, 6.07) is 7.90. The molecule has 0 aliphatic heterocycles. The zero-order chi connectivity index (χ0) is 28.4. The second-order valence-corrected chi connectivity index (χ2v) is 11.1. The van der Waals surface area contributed by atoms with Crippen molar-refractivity contribution < 1.29 is 40.3 Å². The third-order valence-electron chi connectivity index (χ3n) is 6.35. The molecular formula is C25H27F3N4O6S. The molecule has 4 rings (SSSR count). The van der Waals surface area contributed by atoms with Gasteiger partial charge in [-0.15, -0.1) is 0 Å². The molecule has 0 amide bonds. The van der Waals surface area contributed by atoms with Gasteiger partial charge in [0.25, 0.3) is 0 Å².